The molecular formula is C15H24N2O2. The highest BCUT2D eigenvalue weighted by atomic mass is 16.5. The molecule has 1 aromatic rings. The van der Waals surface area contributed by atoms with Crippen LogP contribution in [0.1, 0.15) is 32.6 Å². The summed E-state index contributed by atoms with van der Waals surface area (Å²) in [4.78, 5) is 0. The van der Waals surface area contributed by atoms with Crippen molar-refractivity contribution in [3.8, 4) is 5.75 Å². The van der Waals surface area contributed by atoms with Gasteiger partial charge in [0.05, 0.1) is 18.4 Å². The number of anilines is 2. The monoisotopic (exact) mass is 264 g/mol. The van der Waals surface area contributed by atoms with Crippen molar-refractivity contribution >= 4 is 11.4 Å². The molecule has 4 N–H and O–H groups in total. The van der Waals surface area contributed by atoms with Gasteiger partial charge >= 0.3 is 0 Å². The Kier molecular flexibility index (Phi) is 4.91. The second-order valence-corrected chi connectivity index (χ2v) is 5.18. The van der Waals surface area contributed by atoms with Gasteiger partial charge in [-0.1, -0.05) is 12.8 Å². The Morgan fingerprint density at radius 1 is 1.37 bits per heavy atom. The smallest absolute Gasteiger partial charge is 0.144 e. The number of nitrogen functional groups attached to an aromatic ring is 1. The standard InChI is InChI=1S/C15H24N2O2/c1-2-19-15-9-12(7-8-13(15)16)17-10-11-5-3-4-6-14(11)18/h7-9,11,14,17-18H,2-6,10,16H2,1H3. The van der Waals surface area contributed by atoms with Crippen LogP contribution in [0.15, 0.2) is 18.2 Å². The lowest BCUT2D eigenvalue weighted by Crippen LogP contribution is -2.30. The molecule has 0 bridgehead atoms. The maximum Gasteiger partial charge on any atom is 0.144 e. The van der Waals surface area contributed by atoms with Gasteiger partial charge < -0.3 is 20.9 Å². The lowest BCUT2D eigenvalue weighted by molar-refractivity contribution is 0.0763. The predicted molar refractivity (Wildman–Crippen MR) is 78.5 cm³/mol. The fraction of sp³-hybridized carbons (Fsp3) is 0.600. The molecule has 1 saturated carbocycles. The van der Waals surface area contributed by atoms with Crippen LogP contribution in [0.3, 0.4) is 0 Å². The van der Waals surface area contributed by atoms with Crippen LogP contribution in [0, 0.1) is 5.92 Å². The summed E-state index contributed by atoms with van der Waals surface area (Å²) in [6.45, 7) is 3.35. The first kappa shape index (κ1) is 14.0. The number of ether oxygens (including phenoxy) is 1. The van der Waals surface area contributed by atoms with Crippen molar-refractivity contribution in [1.29, 1.82) is 0 Å². The van der Waals surface area contributed by atoms with E-state index in [9.17, 15) is 5.11 Å². The minimum atomic E-state index is -0.165. The molecule has 1 aromatic carbocycles. The van der Waals surface area contributed by atoms with Gasteiger partial charge in [0.15, 0.2) is 0 Å². The first-order chi connectivity index (χ1) is 9.20. The van der Waals surface area contributed by atoms with Crippen molar-refractivity contribution in [1.82, 2.24) is 0 Å². The van der Waals surface area contributed by atoms with Gasteiger partial charge in [0.2, 0.25) is 0 Å². The number of nitrogens with two attached hydrogens (primary N) is 1. The fourth-order valence-corrected chi connectivity index (χ4v) is 2.60. The van der Waals surface area contributed by atoms with Crippen LogP contribution < -0.4 is 15.8 Å². The molecular weight excluding hydrogens is 240 g/mol. The summed E-state index contributed by atoms with van der Waals surface area (Å²) in [5.41, 5.74) is 7.50. The number of benzene rings is 1. The van der Waals surface area contributed by atoms with Crippen LogP contribution in [0.25, 0.3) is 0 Å². The quantitative estimate of drug-likeness (QED) is 0.715. The molecule has 2 unspecified atom stereocenters. The topological polar surface area (TPSA) is 67.5 Å². The van der Waals surface area contributed by atoms with Gasteiger partial charge in [0.25, 0.3) is 0 Å². The van der Waals surface area contributed by atoms with E-state index < -0.39 is 0 Å². The molecule has 4 heteroatoms. The number of aliphatic hydroxyl groups is 1. The average molecular weight is 264 g/mol. The summed E-state index contributed by atoms with van der Waals surface area (Å²) in [6.07, 6.45) is 4.23. The largest absolute Gasteiger partial charge is 0.492 e. The van der Waals surface area contributed by atoms with Crippen molar-refractivity contribution in [2.24, 2.45) is 5.92 Å². The van der Waals surface area contributed by atoms with Crippen molar-refractivity contribution in [3.63, 3.8) is 0 Å². The summed E-state index contributed by atoms with van der Waals surface area (Å²) in [5.74, 6) is 1.07. The summed E-state index contributed by atoms with van der Waals surface area (Å²) in [7, 11) is 0. The van der Waals surface area contributed by atoms with E-state index in [1.165, 1.54) is 6.42 Å². The first-order valence-electron chi connectivity index (χ1n) is 7.15. The molecule has 0 radical (unpaired) electrons. The Labute approximate surface area is 115 Å². The van der Waals surface area contributed by atoms with Crippen LogP contribution in [-0.4, -0.2) is 24.4 Å². The Morgan fingerprint density at radius 3 is 2.89 bits per heavy atom. The number of hydrogen-bond donors (Lipinski definition) is 3. The second kappa shape index (κ2) is 6.66. The Morgan fingerprint density at radius 2 is 2.16 bits per heavy atom. The van der Waals surface area contributed by atoms with Crippen LogP contribution in [-0.2, 0) is 0 Å². The maximum atomic E-state index is 9.95. The lowest BCUT2D eigenvalue weighted by Gasteiger charge is -2.28. The van der Waals surface area contributed by atoms with E-state index in [-0.39, 0.29) is 6.10 Å². The summed E-state index contributed by atoms with van der Waals surface area (Å²) in [5, 5.41) is 13.3. The van der Waals surface area contributed by atoms with Gasteiger partial charge in [-0.15, -0.1) is 0 Å². The Balaban J connectivity index is 1.93. The van der Waals surface area contributed by atoms with E-state index in [4.69, 9.17) is 10.5 Å². The van der Waals surface area contributed by atoms with Crippen LogP contribution in [0.2, 0.25) is 0 Å². The molecule has 0 amide bonds. The molecule has 1 aliphatic carbocycles. The van der Waals surface area contributed by atoms with Gasteiger partial charge in [0.1, 0.15) is 5.75 Å². The first-order valence-corrected chi connectivity index (χ1v) is 7.15. The molecule has 4 nitrogen and oxygen atoms in total. The molecule has 106 valence electrons. The third-order valence-electron chi connectivity index (χ3n) is 3.75. The second-order valence-electron chi connectivity index (χ2n) is 5.18. The predicted octanol–water partition coefficient (Wildman–Crippen LogP) is 2.63. The van der Waals surface area contributed by atoms with Crippen LogP contribution in [0.5, 0.6) is 5.75 Å². The highest BCUT2D eigenvalue weighted by molar-refractivity contribution is 5.61. The van der Waals surface area contributed by atoms with Crippen molar-refractivity contribution < 1.29 is 9.84 Å². The molecule has 1 aliphatic rings. The Hall–Kier alpha value is -1.42. The normalized spacial score (nSPS) is 23.1. The molecule has 0 saturated heterocycles. The molecule has 2 atom stereocenters. The third kappa shape index (κ3) is 3.77. The summed E-state index contributed by atoms with van der Waals surface area (Å²) >= 11 is 0. The van der Waals surface area contributed by atoms with E-state index in [0.29, 0.717) is 18.2 Å². The molecule has 19 heavy (non-hydrogen) atoms. The van der Waals surface area contributed by atoms with E-state index >= 15 is 0 Å². The SMILES string of the molecule is CCOc1cc(NCC2CCCCC2O)ccc1N. The van der Waals surface area contributed by atoms with Gasteiger partial charge in [-0.25, -0.2) is 0 Å². The molecule has 0 heterocycles. The third-order valence-corrected chi connectivity index (χ3v) is 3.75. The zero-order valence-corrected chi connectivity index (χ0v) is 11.6. The van der Waals surface area contributed by atoms with E-state index in [0.717, 1.165) is 37.2 Å². The van der Waals surface area contributed by atoms with Gasteiger partial charge in [-0.3, -0.25) is 0 Å². The van der Waals surface area contributed by atoms with Crippen molar-refractivity contribution in [2.45, 2.75) is 38.7 Å². The molecule has 0 spiro atoms. The van der Waals surface area contributed by atoms with E-state index in [1.54, 1.807) is 0 Å². The summed E-state index contributed by atoms with van der Waals surface area (Å²) < 4.78 is 5.48. The maximum absolute atomic E-state index is 9.95. The average Bonchev–Trinajstić information content (AvgIpc) is 2.41. The van der Waals surface area contributed by atoms with Gasteiger partial charge in [-0.2, -0.15) is 0 Å². The van der Waals surface area contributed by atoms with Crippen molar-refractivity contribution in [2.75, 3.05) is 24.2 Å². The Bertz CT molecular complexity index is 409. The molecule has 0 aliphatic heterocycles. The number of hydrogen-bond acceptors (Lipinski definition) is 4. The van der Waals surface area contributed by atoms with Crippen molar-refractivity contribution in [3.05, 3.63) is 18.2 Å². The number of aliphatic hydroxyl groups excluding tert-OH is 1. The van der Waals surface area contributed by atoms with Crippen LogP contribution in [0.4, 0.5) is 11.4 Å². The summed E-state index contributed by atoms with van der Waals surface area (Å²) in [6, 6.07) is 5.73. The number of nitrogens with one attached hydrogen (secondary N) is 1. The molecule has 2 rings (SSSR count). The zero-order chi connectivity index (χ0) is 13.7. The highest BCUT2D eigenvalue weighted by Gasteiger charge is 2.22. The van der Waals surface area contributed by atoms with E-state index in [1.807, 2.05) is 25.1 Å². The van der Waals surface area contributed by atoms with E-state index in [2.05, 4.69) is 5.32 Å². The number of rotatable bonds is 5. The van der Waals surface area contributed by atoms with Crippen LogP contribution >= 0.6 is 0 Å². The van der Waals surface area contributed by atoms with Gasteiger partial charge in [-0.05, 0) is 31.9 Å². The minimum Gasteiger partial charge on any atom is -0.492 e. The van der Waals surface area contributed by atoms with Gasteiger partial charge in [0, 0.05) is 24.2 Å². The molecule has 0 aromatic heterocycles. The molecule has 1 fully saturated rings. The fourth-order valence-electron chi connectivity index (χ4n) is 2.60. The highest BCUT2D eigenvalue weighted by Crippen LogP contribution is 2.28. The zero-order valence-electron chi connectivity index (χ0n) is 11.6. The lowest BCUT2D eigenvalue weighted by atomic mass is 9.86. The minimum absolute atomic E-state index is 0.165.